The fraction of sp³-hybridized carbons (Fsp3) is 0.364. The van der Waals surface area contributed by atoms with Gasteiger partial charge in [-0.15, -0.1) is 0 Å². The molecular weight excluding hydrogens is 244 g/mol. The molecule has 5 nitrogen and oxygen atoms in total. The second-order valence-corrected chi connectivity index (χ2v) is 3.90. The summed E-state index contributed by atoms with van der Waals surface area (Å²) < 4.78 is 0. The Hall–Kier alpha value is -1.62. The maximum Gasteiger partial charge on any atom is 0.303 e. The average molecular weight is 257 g/mol. The number of aliphatic carboxylic acids is 1. The number of nitrogens with one attached hydrogen (secondary N) is 1. The molecule has 92 valence electrons. The molecular formula is C11H13ClN2O3. The highest BCUT2D eigenvalue weighted by Gasteiger charge is 2.05. The summed E-state index contributed by atoms with van der Waals surface area (Å²) in [4.78, 5) is 25.6. The van der Waals surface area contributed by atoms with Crippen molar-refractivity contribution in [3.63, 3.8) is 0 Å². The number of amides is 1. The van der Waals surface area contributed by atoms with E-state index in [0.29, 0.717) is 30.1 Å². The van der Waals surface area contributed by atoms with Crippen LogP contribution in [0.2, 0.25) is 5.02 Å². The number of halogens is 1. The maximum absolute atomic E-state index is 11.5. The van der Waals surface area contributed by atoms with Gasteiger partial charge in [0.1, 0.15) is 5.69 Å². The Balaban J connectivity index is 2.25. The summed E-state index contributed by atoms with van der Waals surface area (Å²) in [6.45, 7) is 0.441. The molecule has 0 aromatic carbocycles. The summed E-state index contributed by atoms with van der Waals surface area (Å²) in [5.74, 6) is -1.10. The lowest BCUT2D eigenvalue weighted by atomic mass is 10.2. The van der Waals surface area contributed by atoms with E-state index in [-0.39, 0.29) is 12.3 Å². The first-order valence-electron chi connectivity index (χ1n) is 5.21. The van der Waals surface area contributed by atoms with Gasteiger partial charge in [0, 0.05) is 19.2 Å². The van der Waals surface area contributed by atoms with Gasteiger partial charge in [-0.25, -0.2) is 4.98 Å². The molecule has 0 fully saturated rings. The molecule has 1 aromatic heterocycles. The summed E-state index contributed by atoms with van der Waals surface area (Å²) in [5, 5.41) is 11.5. The van der Waals surface area contributed by atoms with Crippen molar-refractivity contribution in [3.8, 4) is 0 Å². The van der Waals surface area contributed by atoms with Crippen molar-refractivity contribution in [2.24, 2.45) is 0 Å². The summed E-state index contributed by atoms with van der Waals surface area (Å²) in [6.07, 6.45) is 2.70. The lowest BCUT2D eigenvalue weighted by molar-refractivity contribution is -0.137. The van der Waals surface area contributed by atoms with Crippen molar-refractivity contribution in [1.29, 1.82) is 0 Å². The maximum atomic E-state index is 11.5. The second-order valence-electron chi connectivity index (χ2n) is 3.47. The monoisotopic (exact) mass is 256 g/mol. The zero-order valence-electron chi connectivity index (χ0n) is 9.15. The molecule has 0 saturated heterocycles. The van der Waals surface area contributed by atoms with E-state index >= 15 is 0 Å². The molecule has 0 aliphatic heterocycles. The highest BCUT2D eigenvalue weighted by atomic mass is 35.5. The molecule has 0 saturated carbocycles. The van der Waals surface area contributed by atoms with Gasteiger partial charge in [0.25, 0.3) is 5.91 Å². The molecule has 0 radical (unpaired) electrons. The van der Waals surface area contributed by atoms with E-state index in [1.807, 2.05) is 0 Å². The van der Waals surface area contributed by atoms with E-state index in [0.717, 1.165) is 0 Å². The Kier molecular flexibility index (Phi) is 5.42. The number of hydrogen-bond acceptors (Lipinski definition) is 3. The normalized spacial score (nSPS) is 9.94. The van der Waals surface area contributed by atoms with Crippen LogP contribution >= 0.6 is 11.6 Å². The van der Waals surface area contributed by atoms with Crippen molar-refractivity contribution in [3.05, 3.63) is 29.0 Å². The van der Waals surface area contributed by atoms with Gasteiger partial charge in [-0.3, -0.25) is 9.59 Å². The number of nitrogens with zero attached hydrogens (tertiary/aromatic N) is 1. The van der Waals surface area contributed by atoms with E-state index in [1.165, 1.54) is 12.3 Å². The molecule has 0 bridgehead atoms. The Morgan fingerprint density at radius 2 is 2.12 bits per heavy atom. The third-order valence-corrected chi connectivity index (χ3v) is 2.29. The minimum absolute atomic E-state index is 0.120. The van der Waals surface area contributed by atoms with Crippen LogP contribution in [-0.4, -0.2) is 28.5 Å². The first kappa shape index (κ1) is 13.4. The molecule has 17 heavy (non-hydrogen) atoms. The van der Waals surface area contributed by atoms with Crippen molar-refractivity contribution in [2.45, 2.75) is 19.3 Å². The summed E-state index contributed by atoms with van der Waals surface area (Å²) in [5.41, 5.74) is 0.299. The molecule has 0 aliphatic carbocycles. The standard InChI is InChI=1S/C11H13ClN2O3/c12-8-4-5-9(14-7-8)11(17)13-6-2-1-3-10(15)16/h4-5,7H,1-3,6H2,(H,13,17)(H,15,16). The zero-order valence-corrected chi connectivity index (χ0v) is 9.91. The molecule has 0 atom stereocenters. The minimum Gasteiger partial charge on any atom is -0.481 e. The van der Waals surface area contributed by atoms with E-state index in [4.69, 9.17) is 16.7 Å². The number of carbonyl (C=O) groups excluding carboxylic acids is 1. The molecule has 2 N–H and O–H groups in total. The Labute approximate surface area is 104 Å². The van der Waals surface area contributed by atoms with Crippen molar-refractivity contribution < 1.29 is 14.7 Å². The smallest absolute Gasteiger partial charge is 0.303 e. The van der Waals surface area contributed by atoms with E-state index < -0.39 is 5.97 Å². The van der Waals surface area contributed by atoms with Gasteiger partial charge < -0.3 is 10.4 Å². The highest BCUT2D eigenvalue weighted by Crippen LogP contribution is 2.05. The van der Waals surface area contributed by atoms with Crippen molar-refractivity contribution in [2.75, 3.05) is 6.54 Å². The lowest BCUT2D eigenvalue weighted by Crippen LogP contribution is -2.25. The first-order chi connectivity index (χ1) is 8.09. The van der Waals surface area contributed by atoms with Crippen LogP contribution in [0.5, 0.6) is 0 Å². The number of pyridine rings is 1. The number of carbonyl (C=O) groups is 2. The molecule has 1 aromatic rings. The third-order valence-electron chi connectivity index (χ3n) is 2.06. The van der Waals surface area contributed by atoms with E-state index in [9.17, 15) is 9.59 Å². The van der Waals surface area contributed by atoms with Crippen molar-refractivity contribution in [1.82, 2.24) is 10.3 Å². The quantitative estimate of drug-likeness (QED) is 0.760. The second kappa shape index (κ2) is 6.85. The molecule has 0 aliphatic rings. The number of rotatable bonds is 6. The predicted molar refractivity (Wildman–Crippen MR) is 63.1 cm³/mol. The molecule has 1 amide bonds. The lowest BCUT2D eigenvalue weighted by Gasteiger charge is -2.03. The molecule has 0 spiro atoms. The minimum atomic E-state index is -0.823. The van der Waals surface area contributed by atoms with Gasteiger partial charge in [0.2, 0.25) is 0 Å². The summed E-state index contributed by atoms with van der Waals surface area (Å²) in [6, 6.07) is 3.13. The average Bonchev–Trinajstić information content (AvgIpc) is 2.29. The first-order valence-corrected chi connectivity index (χ1v) is 5.59. The Morgan fingerprint density at radius 1 is 1.35 bits per heavy atom. The van der Waals surface area contributed by atoms with E-state index in [1.54, 1.807) is 6.07 Å². The molecule has 1 heterocycles. The zero-order chi connectivity index (χ0) is 12.7. The predicted octanol–water partition coefficient (Wildman–Crippen LogP) is 1.72. The number of hydrogen-bond donors (Lipinski definition) is 2. The molecule has 0 unspecified atom stereocenters. The van der Waals surface area contributed by atoms with Crippen LogP contribution in [0, 0.1) is 0 Å². The highest BCUT2D eigenvalue weighted by molar-refractivity contribution is 6.30. The van der Waals surface area contributed by atoms with E-state index in [2.05, 4.69) is 10.3 Å². The number of aromatic nitrogens is 1. The number of unbranched alkanes of at least 4 members (excludes halogenated alkanes) is 1. The number of carboxylic acids is 1. The van der Waals surface area contributed by atoms with Gasteiger partial charge in [-0.2, -0.15) is 0 Å². The Bertz CT molecular complexity index is 392. The Morgan fingerprint density at radius 3 is 2.71 bits per heavy atom. The fourth-order valence-corrected chi connectivity index (χ4v) is 1.32. The van der Waals surface area contributed by atoms with Crippen LogP contribution in [0.25, 0.3) is 0 Å². The fourth-order valence-electron chi connectivity index (χ4n) is 1.20. The van der Waals surface area contributed by atoms with Crippen LogP contribution in [0.1, 0.15) is 29.8 Å². The topological polar surface area (TPSA) is 79.3 Å². The van der Waals surface area contributed by atoms with Gasteiger partial charge in [0.15, 0.2) is 0 Å². The van der Waals surface area contributed by atoms with Gasteiger partial charge in [-0.05, 0) is 25.0 Å². The van der Waals surface area contributed by atoms with Crippen LogP contribution < -0.4 is 5.32 Å². The van der Waals surface area contributed by atoms with Crippen LogP contribution in [0.15, 0.2) is 18.3 Å². The number of carboxylic acid groups (broad SMARTS) is 1. The van der Waals surface area contributed by atoms with Crippen LogP contribution in [0.3, 0.4) is 0 Å². The summed E-state index contributed by atoms with van der Waals surface area (Å²) >= 11 is 5.64. The van der Waals surface area contributed by atoms with Crippen LogP contribution in [-0.2, 0) is 4.79 Å². The molecule has 6 heteroatoms. The SMILES string of the molecule is O=C(O)CCCCNC(=O)c1ccc(Cl)cn1. The molecule has 1 rings (SSSR count). The summed E-state index contributed by atoms with van der Waals surface area (Å²) in [7, 11) is 0. The van der Waals surface area contributed by atoms with Crippen LogP contribution in [0.4, 0.5) is 0 Å². The largest absolute Gasteiger partial charge is 0.481 e. The van der Waals surface area contributed by atoms with Gasteiger partial charge >= 0.3 is 5.97 Å². The third kappa shape index (κ3) is 5.31. The van der Waals surface area contributed by atoms with Gasteiger partial charge in [0.05, 0.1) is 5.02 Å². The van der Waals surface area contributed by atoms with Crippen molar-refractivity contribution >= 4 is 23.5 Å². The van der Waals surface area contributed by atoms with Gasteiger partial charge in [-0.1, -0.05) is 11.6 Å².